The fraction of sp³-hybridized carbons (Fsp3) is 0.524. The maximum absolute atomic E-state index is 13.2. The molecular weight excluding hydrogens is 343 g/mol. The highest BCUT2D eigenvalue weighted by Gasteiger charge is 2.31. The molecule has 6 heteroatoms. The molecule has 2 aliphatic heterocycles. The van der Waals surface area contributed by atoms with Gasteiger partial charge in [0, 0.05) is 24.3 Å². The number of carbonyl (C=O) groups is 1. The number of halogens is 1. The van der Waals surface area contributed by atoms with Gasteiger partial charge in [-0.25, -0.2) is 9.07 Å². The van der Waals surface area contributed by atoms with Gasteiger partial charge < -0.3 is 10.2 Å². The van der Waals surface area contributed by atoms with E-state index in [4.69, 9.17) is 0 Å². The Hall–Kier alpha value is -2.21. The number of nitrogens with zero attached hydrogens (tertiary/aromatic N) is 3. The number of carbonyl (C=O) groups excluding carboxylic acids is 1. The summed E-state index contributed by atoms with van der Waals surface area (Å²) in [5, 5.41) is 8.06. The summed E-state index contributed by atoms with van der Waals surface area (Å²) in [6.45, 7) is 7.81. The number of fused-ring (bicyclic) bond motifs is 1. The Labute approximate surface area is 159 Å². The maximum Gasteiger partial charge on any atom is 0.227 e. The zero-order valence-electron chi connectivity index (χ0n) is 16.0. The Kier molecular flexibility index (Phi) is 5.00. The Morgan fingerprint density at radius 2 is 1.78 bits per heavy atom. The molecule has 0 spiro atoms. The number of hydrogen-bond acceptors (Lipinski definition) is 3. The van der Waals surface area contributed by atoms with Crippen molar-refractivity contribution in [2.45, 2.75) is 33.1 Å². The van der Waals surface area contributed by atoms with Crippen LogP contribution >= 0.6 is 0 Å². The number of benzene rings is 1. The summed E-state index contributed by atoms with van der Waals surface area (Å²) in [4.78, 5) is 15.0. The van der Waals surface area contributed by atoms with Gasteiger partial charge in [0.05, 0.1) is 17.8 Å². The fourth-order valence-corrected chi connectivity index (χ4v) is 4.50. The van der Waals surface area contributed by atoms with Crippen LogP contribution in [0.4, 0.5) is 4.39 Å². The van der Waals surface area contributed by atoms with E-state index in [1.54, 1.807) is 16.8 Å². The molecule has 2 aliphatic rings. The topological polar surface area (TPSA) is 50.2 Å². The zero-order chi connectivity index (χ0) is 19.0. The van der Waals surface area contributed by atoms with Crippen molar-refractivity contribution in [2.75, 3.05) is 26.2 Å². The predicted octanol–water partition coefficient (Wildman–Crippen LogP) is 2.63. The van der Waals surface area contributed by atoms with Crippen LogP contribution in [0.5, 0.6) is 0 Å². The summed E-state index contributed by atoms with van der Waals surface area (Å²) in [7, 11) is 0. The molecule has 2 fully saturated rings. The van der Waals surface area contributed by atoms with Gasteiger partial charge in [0.15, 0.2) is 0 Å². The van der Waals surface area contributed by atoms with Gasteiger partial charge >= 0.3 is 0 Å². The van der Waals surface area contributed by atoms with E-state index in [9.17, 15) is 9.18 Å². The second-order valence-electron chi connectivity index (χ2n) is 7.85. The third kappa shape index (κ3) is 3.63. The lowest BCUT2D eigenvalue weighted by molar-refractivity contribution is -0.130. The lowest BCUT2D eigenvalue weighted by Gasteiger charge is -2.21. The molecule has 1 aromatic heterocycles. The largest absolute Gasteiger partial charge is 0.342 e. The molecule has 1 aromatic carbocycles. The van der Waals surface area contributed by atoms with Crippen molar-refractivity contribution in [1.29, 1.82) is 0 Å². The molecule has 0 radical (unpaired) electrons. The minimum absolute atomic E-state index is 0.188. The van der Waals surface area contributed by atoms with Crippen molar-refractivity contribution in [3.05, 3.63) is 47.0 Å². The SMILES string of the molecule is Cc1nn(-c2ccc(F)cc2)c(C)c1CC(=O)N1CC[C@@H]2CNC[C@@H]2CC1. The van der Waals surface area contributed by atoms with Crippen LogP contribution in [0.15, 0.2) is 24.3 Å². The second kappa shape index (κ2) is 7.43. The first-order valence-corrected chi connectivity index (χ1v) is 9.82. The summed E-state index contributed by atoms with van der Waals surface area (Å²) >= 11 is 0. The van der Waals surface area contributed by atoms with E-state index in [0.717, 1.165) is 61.7 Å². The summed E-state index contributed by atoms with van der Waals surface area (Å²) in [5.41, 5.74) is 3.60. The quantitative estimate of drug-likeness (QED) is 0.904. The summed E-state index contributed by atoms with van der Waals surface area (Å²) in [5.74, 6) is 1.35. The van der Waals surface area contributed by atoms with E-state index in [2.05, 4.69) is 10.4 Å². The average Bonchev–Trinajstić information content (AvgIpc) is 3.15. The maximum atomic E-state index is 13.2. The summed E-state index contributed by atoms with van der Waals surface area (Å²) in [6.07, 6.45) is 2.57. The highest BCUT2D eigenvalue weighted by molar-refractivity contribution is 5.79. The van der Waals surface area contributed by atoms with E-state index >= 15 is 0 Å². The van der Waals surface area contributed by atoms with Gasteiger partial charge in [0.2, 0.25) is 5.91 Å². The van der Waals surface area contributed by atoms with Crippen molar-refractivity contribution in [1.82, 2.24) is 20.0 Å². The minimum Gasteiger partial charge on any atom is -0.342 e. The van der Waals surface area contributed by atoms with Crippen LogP contribution in [0.25, 0.3) is 5.69 Å². The standard InChI is InChI=1S/C21H27FN4O/c1-14-20(15(2)26(24-14)19-5-3-18(22)4-6-19)11-21(27)25-9-7-16-12-23-13-17(16)8-10-25/h3-6,16-17,23H,7-13H2,1-2H3/t16-,17+. The Balaban J connectivity index is 1.49. The van der Waals surface area contributed by atoms with Crippen LogP contribution in [0.1, 0.15) is 29.8 Å². The van der Waals surface area contributed by atoms with Crippen molar-refractivity contribution < 1.29 is 9.18 Å². The molecule has 0 saturated carbocycles. The summed E-state index contributed by atoms with van der Waals surface area (Å²) in [6, 6.07) is 6.28. The zero-order valence-corrected chi connectivity index (χ0v) is 16.0. The number of aryl methyl sites for hydroxylation is 1. The van der Waals surface area contributed by atoms with E-state index in [-0.39, 0.29) is 11.7 Å². The molecule has 2 aromatic rings. The molecule has 5 nitrogen and oxygen atoms in total. The van der Waals surface area contributed by atoms with Gasteiger partial charge in [-0.2, -0.15) is 5.10 Å². The van der Waals surface area contributed by atoms with E-state index in [1.165, 1.54) is 12.1 Å². The smallest absolute Gasteiger partial charge is 0.227 e. The van der Waals surface area contributed by atoms with Crippen molar-refractivity contribution in [2.24, 2.45) is 11.8 Å². The Bertz CT molecular complexity index is 815. The third-order valence-electron chi connectivity index (χ3n) is 6.21. The van der Waals surface area contributed by atoms with Gasteiger partial charge in [-0.3, -0.25) is 4.79 Å². The highest BCUT2D eigenvalue weighted by Crippen LogP contribution is 2.28. The molecule has 0 bridgehead atoms. The Morgan fingerprint density at radius 1 is 1.15 bits per heavy atom. The number of likely N-dealkylation sites (tertiary alicyclic amines) is 1. The monoisotopic (exact) mass is 370 g/mol. The van der Waals surface area contributed by atoms with E-state index in [1.807, 2.05) is 18.7 Å². The van der Waals surface area contributed by atoms with Crippen LogP contribution in [0.2, 0.25) is 0 Å². The lowest BCUT2D eigenvalue weighted by atomic mass is 9.92. The molecule has 2 atom stereocenters. The fourth-order valence-electron chi connectivity index (χ4n) is 4.50. The first-order valence-electron chi connectivity index (χ1n) is 9.82. The molecule has 0 unspecified atom stereocenters. The summed E-state index contributed by atoms with van der Waals surface area (Å²) < 4.78 is 15.0. The van der Waals surface area contributed by atoms with Crippen molar-refractivity contribution in [3.63, 3.8) is 0 Å². The molecular formula is C21H27FN4O. The third-order valence-corrected chi connectivity index (χ3v) is 6.21. The average molecular weight is 370 g/mol. The molecule has 3 heterocycles. The van der Waals surface area contributed by atoms with Crippen LogP contribution in [-0.2, 0) is 11.2 Å². The molecule has 144 valence electrons. The lowest BCUT2D eigenvalue weighted by Crippen LogP contribution is -2.34. The highest BCUT2D eigenvalue weighted by atomic mass is 19.1. The van der Waals surface area contributed by atoms with Gasteiger partial charge in [0.1, 0.15) is 5.82 Å². The molecule has 2 saturated heterocycles. The molecule has 4 rings (SSSR count). The van der Waals surface area contributed by atoms with Gasteiger partial charge in [-0.15, -0.1) is 0 Å². The number of nitrogens with one attached hydrogen (secondary N) is 1. The van der Waals surface area contributed by atoms with E-state index < -0.39 is 0 Å². The number of rotatable bonds is 3. The van der Waals surface area contributed by atoms with Crippen LogP contribution in [0.3, 0.4) is 0 Å². The molecule has 0 aliphatic carbocycles. The van der Waals surface area contributed by atoms with Crippen molar-refractivity contribution >= 4 is 5.91 Å². The molecule has 1 N–H and O–H groups in total. The normalized spacial score (nSPS) is 22.6. The first kappa shape index (κ1) is 18.2. The minimum atomic E-state index is -0.267. The predicted molar refractivity (Wildman–Crippen MR) is 102 cm³/mol. The van der Waals surface area contributed by atoms with Crippen LogP contribution in [-0.4, -0.2) is 46.8 Å². The van der Waals surface area contributed by atoms with Gasteiger partial charge in [-0.1, -0.05) is 0 Å². The van der Waals surface area contributed by atoms with Gasteiger partial charge in [-0.05, 0) is 75.9 Å². The number of aromatic nitrogens is 2. The van der Waals surface area contributed by atoms with Crippen LogP contribution < -0.4 is 5.32 Å². The number of hydrogen-bond donors (Lipinski definition) is 1. The van der Waals surface area contributed by atoms with Gasteiger partial charge in [0.25, 0.3) is 0 Å². The van der Waals surface area contributed by atoms with E-state index in [0.29, 0.717) is 18.3 Å². The second-order valence-corrected chi connectivity index (χ2v) is 7.85. The molecule has 1 amide bonds. The van der Waals surface area contributed by atoms with Crippen molar-refractivity contribution in [3.8, 4) is 5.69 Å². The molecule has 27 heavy (non-hydrogen) atoms. The Morgan fingerprint density at radius 3 is 2.41 bits per heavy atom. The first-order chi connectivity index (χ1) is 13.0. The van der Waals surface area contributed by atoms with Crippen LogP contribution in [0, 0.1) is 31.5 Å². The number of amides is 1.